The van der Waals surface area contributed by atoms with E-state index >= 15 is 0 Å². The highest BCUT2D eigenvalue weighted by atomic mass is 32.2. The van der Waals surface area contributed by atoms with Crippen molar-refractivity contribution >= 4 is 9.84 Å². The summed E-state index contributed by atoms with van der Waals surface area (Å²) < 4.78 is 23.8. The maximum absolute atomic E-state index is 11.9. The van der Waals surface area contributed by atoms with Gasteiger partial charge in [0, 0.05) is 0 Å². The first kappa shape index (κ1) is 13.0. The summed E-state index contributed by atoms with van der Waals surface area (Å²) >= 11 is 0. The van der Waals surface area contributed by atoms with E-state index in [1.807, 2.05) is 13.0 Å². The van der Waals surface area contributed by atoms with Crippen LogP contribution in [0.3, 0.4) is 0 Å². The largest absolute Gasteiger partial charge is 0.223 e. The van der Waals surface area contributed by atoms with Gasteiger partial charge in [0.1, 0.15) is 0 Å². The predicted molar refractivity (Wildman–Crippen MR) is 67.1 cm³/mol. The van der Waals surface area contributed by atoms with Crippen molar-refractivity contribution in [2.75, 3.05) is 5.75 Å². The summed E-state index contributed by atoms with van der Waals surface area (Å²) in [7, 11) is -3.17. The van der Waals surface area contributed by atoms with Crippen LogP contribution in [0.25, 0.3) is 0 Å². The summed E-state index contributed by atoms with van der Waals surface area (Å²) in [6, 6.07) is 8.56. The molecule has 0 heterocycles. The fourth-order valence-corrected chi connectivity index (χ4v) is 2.45. The fraction of sp³-hybridized carbons (Fsp3) is 0.385. The second-order valence-corrected chi connectivity index (χ2v) is 6.23. The van der Waals surface area contributed by atoms with Crippen molar-refractivity contribution in [2.45, 2.75) is 25.7 Å². The SMILES string of the molecule is CC(=CCS(=O)(=O)c1ccccc1)C(C)C. The molecule has 0 amide bonds. The molecule has 0 radical (unpaired) electrons. The van der Waals surface area contributed by atoms with Crippen molar-refractivity contribution in [1.82, 2.24) is 0 Å². The minimum absolute atomic E-state index is 0.0844. The van der Waals surface area contributed by atoms with Crippen LogP contribution >= 0.6 is 0 Å². The van der Waals surface area contributed by atoms with Gasteiger partial charge >= 0.3 is 0 Å². The van der Waals surface area contributed by atoms with Gasteiger partial charge in [0.05, 0.1) is 10.6 Å². The van der Waals surface area contributed by atoms with Crippen LogP contribution in [0, 0.1) is 5.92 Å². The van der Waals surface area contributed by atoms with E-state index < -0.39 is 9.84 Å². The first-order valence-corrected chi connectivity index (χ1v) is 7.03. The lowest BCUT2D eigenvalue weighted by Gasteiger charge is -2.05. The van der Waals surface area contributed by atoms with Gasteiger partial charge in [-0.3, -0.25) is 0 Å². The molecule has 3 heteroatoms. The summed E-state index contributed by atoms with van der Waals surface area (Å²) in [6.45, 7) is 6.08. The van der Waals surface area contributed by atoms with Gasteiger partial charge in [0.15, 0.2) is 9.84 Å². The molecule has 88 valence electrons. The number of hydrogen-bond acceptors (Lipinski definition) is 2. The fourth-order valence-electron chi connectivity index (χ4n) is 1.20. The summed E-state index contributed by atoms with van der Waals surface area (Å²) in [4.78, 5) is 0.391. The molecule has 1 aromatic carbocycles. The van der Waals surface area contributed by atoms with Gasteiger partial charge in [-0.15, -0.1) is 0 Å². The molecular weight excluding hydrogens is 220 g/mol. The Bertz CT molecular complexity index is 456. The third-order valence-electron chi connectivity index (χ3n) is 2.64. The molecule has 1 aromatic rings. The molecule has 1 rings (SSSR count). The van der Waals surface area contributed by atoms with Crippen LogP contribution in [0.4, 0.5) is 0 Å². The average Bonchev–Trinajstić information content (AvgIpc) is 2.27. The third-order valence-corrected chi connectivity index (χ3v) is 4.23. The molecule has 16 heavy (non-hydrogen) atoms. The topological polar surface area (TPSA) is 34.1 Å². The molecule has 0 aliphatic carbocycles. The first-order valence-electron chi connectivity index (χ1n) is 5.38. The monoisotopic (exact) mass is 238 g/mol. The van der Waals surface area contributed by atoms with Crippen molar-refractivity contribution < 1.29 is 8.42 Å². The maximum atomic E-state index is 11.9. The van der Waals surface area contributed by atoms with Crippen LogP contribution < -0.4 is 0 Å². The Labute approximate surface area is 97.9 Å². The van der Waals surface area contributed by atoms with Gasteiger partial charge < -0.3 is 0 Å². The first-order chi connectivity index (χ1) is 7.43. The van der Waals surface area contributed by atoms with E-state index in [1.54, 1.807) is 30.3 Å². The molecule has 0 aromatic heterocycles. The summed E-state index contributed by atoms with van der Waals surface area (Å²) in [5.74, 6) is 0.479. The maximum Gasteiger partial charge on any atom is 0.181 e. The van der Waals surface area contributed by atoms with Crippen LogP contribution in [0.15, 0.2) is 46.9 Å². The third kappa shape index (κ3) is 3.49. The molecule has 0 N–H and O–H groups in total. The second kappa shape index (κ2) is 5.30. The Kier molecular flexibility index (Phi) is 4.30. The smallest absolute Gasteiger partial charge is 0.181 e. The molecule has 0 fully saturated rings. The van der Waals surface area contributed by atoms with E-state index in [2.05, 4.69) is 13.8 Å². The molecule has 0 aliphatic rings. The van der Waals surface area contributed by atoms with Crippen LogP contribution in [0.1, 0.15) is 20.8 Å². The normalized spacial score (nSPS) is 13.1. The lowest BCUT2D eigenvalue weighted by Crippen LogP contribution is -2.05. The van der Waals surface area contributed by atoms with Crippen molar-refractivity contribution in [2.24, 2.45) is 5.92 Å². The molecule has 2 nitrogen and oxygen atoms in total. The Hall–Kier alpha value is -1.09. The van der Waals surface area contributed by atoms with E-state index in [1.165, 1.54) is 0 Å². The van der Waals surface area contributed by atoms with E-state index in [0.29, 0.717) is 10.8 Å². The van der Waals surface area contributed by atoms with Crippen molar-refractivity contribution in [3.8, 4) is 0 Å². The summed E-state index contributed by atoms with van der Waals surface area (Å²) in [5, 5.41) is 0. The Morgan fingerprint density at radius 1 is 1.25 bits per heavy atom. The Morgan fingerprint density at radius 3 is 2.31 bits per heavy atom. The van der Waals surface area contributed by atoms with Crippen LogP contribution in [0.2, 0.25) is 0 Å². The van der Waals surface area contributed by atoms with E-state index in [9.17, 15) is 8.42 Å². The summed E-state index contributed by atoms with van der Waals surface area (Å²) in [5.41, 5.74) is 1.11. The van der Waals surface area contributed by atoms with E-state index in [4.69, 9.17) is 0 Å². The minimum atomic E-state index is -3.17. The highest BCUT2D eigenvalue weighted by Gasteiger charge is 2.12. The Balaban J connectivity index is 2.86. The second-order valence-electron chi connectivity index (χ2n) is 4.20. The van der Waals surface area contributed by atoms with Crippen LogP contribution in [-0.4, -0.2) is 14.2 Å². The lowest BCUT2D eigenvalue weighted by atomic mass is 10.1. The quantitative estimate of drug-likeness (QED) is 0.755. The molecule has 0 unspecified atom stereocenters. The predicted octanol–water partition coefficient (Wildman–Crippen LogP) is 3.06. The van der Waals surface area contributed by atoms with Crippen molar-refractivity contribution in [3.63, 3.8) is 0 Å². The van der Waals surface area contributed by atoms with Crippen LogP contribution in [-0.2, 0) is 9.84 Å². The van der Waals surface area contributed by atoms with Gasteiger partial charge in [-0.05, 0) is 25.0 Å². The number of rotatable bonds is 4. The highest BCUT2D eigenvalue weighted by Crippen LogP contribution is 2.13. The Morgan fingerprint density at radius 2 is 1.81 bits per heavy atom. The van der Waals surface area contributed by atoms with Gasteiger partial charge in [0.25, 0.3) is 0 Å². The van der Waals surface area contributed by atoms with Gasteiger partial charge in [-0.25, -0.2) is 8.42 Å². The number of benzene rings is 1. The molecule has 0 saturated carbocycles. The molecule has 0 bridgehead atoms. The van der Waals surface area contributed by atoms with Crippen LogP contribution in [0.5, 0.6) is 0 Å². The van der Waals surface area contributed by atoms with Gasteiger partial charge in [-0.2, -0.15) is 0 Å². The van der Waals surface area contributed by atoms with E-state index in [0.717, 1.165) is 5.57 Å². The molecule has 0 aliphatic heterocycles. The lowest BCUT2D eigenvalue weighted by molar-refractivity contribution is 0.598. The van der Waals surface area contributed by atoms with E-state index in [-0.39, 0.29) is 5.75 Å². The van der Waals surface area contributed by atoms with Crippen molar-refractivity contribution in [1.29, 1.82) is 0 Å². The molecular formula is C13H18O2S. The van der Waals surface area contributed by atoms with Crippen molar-refractivity contribution in [3.05, 3.63) is 42.0 Å². The average molecular weight is 238 g/mol. The molecule has 0 atom stereocenters. The number of allylic oxidation sites excluding steroid dienone is 1. The zero-order valence-corrected chi connectivity index (χ0v) is 10.8. The molecule has 0 saturated heterocycles. The zero-order valence-electron chi connectivity index (χ0n) is 9.97. The summed E-state index contributed by atoms with van der Waals surface area (Å²) in [6.07, 6.45) is 1.80. The van der Waals surface area contributed by atoms with Gasteiger partial charge in [0.2, 0.25) is 0 Å². The minimum Gasteiger partial charge on any atom is -0.223 e. The van der Waals surface area contributed by atoms with Gasteiger partial charge in [-0.1, -0.05) is 43.7 Å². The standard InChI is InChI=1S/C13H18O2S/c1-11(2)12(3)9-10-16(14,15)13-7-5-4-6-8-13/h4-9,11H,10H2,1-3H3. The number of sulfone groups is 1. The highest BCUT2D eigenvalue weighted by molar-refractivity contribution is 7.91. The zero-order chi connectivity index (χ0) is 12.2. The molecule has 0 spiro atoms. The number of hydrogen-bond donors (Lipinski definition) is 0.